The first-order valence-corrected chi connectivity index (χ1v) is 12.7. The molecule has 1 aliphatic carbocycles. The molecule has 0 aliphatic heterocycles. The Kier molecular flexibility index (Phi) is 7.18. The number of hydrogen-bond donors (Lipinski definition) is 2. The maximum absolute atomic E-state index is 14.4. The van der Waals surface area contributed by atoms with Gasteiger partial charge >= 0.3 is 6.61 Å². The zero-order chi connectivity index (χ0) is 25.4. The van der Waals surface area contributed by atoms with Gasteiger partial charge in [0, 0.05) is 53.0 Å². The standard InChI is InChI=1S/C25H23ClF4N4OS/c26-22-18(28)5-6-19(35-25(29)30)21(22)16(8-27)17-10-33-23-15(17)7-13(9-32-23)20-11-34-24(36-20)12-1-3-14(31)4-2-12/h5-7,9-12,14,16,25H,1-4,8,31H2,(H,32,33)/t12?,14?,16-/m0/s1. The number of thiazole rings is 1. The Balaban J connectivity index is 1.53. The lowest BCUT2D eigenvalue weighted by atomic mass is 9.87. The fraction of sp³-hybridized carbons (Fsp3) is 0.360. The first-order chi connectivity index (χ1) is 17.4. The van der Waals surface area contributed by atoms with Gasteiger partial charge in [-0.05, 0) is 49.4 Å². The number of nitrogens with one attached hydrogen (secondary N) is 1. The second-order valence-electron chi connectivity index (χ2n) is 8.90. The maximum Gasteiger partial charge on any atom is 0.387 e. The number of hydrogen-bond acceptors (Lipinski definition) is 5. The molecule has 4 aromatic rings. The van der Waals surface area contributed by atoms with E-state index < -0.39 is 30.0 Å². The van der Waals surface area contributed by atoms with E-state index in [1.165, 1.54) is 6.20 Å². The summed E-state index contributed by atoms with van der Waals surface area (Å²) in [5, 5.41) is 1.15. The molecule has 0 spiro atoms. The largest absolute Gasteiger partial charge is 0.434 e. The van der Waals surface area contributed by atoms with E-state index in [1.54, 1.807) is 23.7 Å². The van der Waals surface area contributed by atoms with Crippen LogP contribution in [0.25, 0.3) is 21.5 Å². The van der Waals surface area contributed by atoms with Crippen molar-refractivity contribution in [3.63, 3.8) is 0 Å². The number of fused-ring (bicyclic) bond motifs is 1. The number of rotatable bonds is 7. The molecular formula is C25H23ClF4N4OS. The molecule has 36 heavy (non-hydrogen) atoms. The zero-order valence-electron chi connectivity index (χ0n) is 19.0. The van der Waals surface area contributed by atoms with E-state index in [0.29, 0.717) is 22.5 Å². The smallest absolute Gasteiger partial charge is 0.387 e. The molecule has 1 saturated carbocycles. The van der Waals surface area contributed by atoms with Gasteiger partial charge < -0.3 is 15.5 Å². The highest BCUT2D eigenvalue weighted by Gasteiger charge is 2.28. The first-order valence-electron chi connectivity index (χ1n) is 11.5. The molecule has 3 aromatic heterocycles. The predicted molar refractivity (Wildman–Crippen MR) is 132 cm³/mol. The van der Waals surface area contributed by atoms with Crippen LogP contribution in [0.4, 0.5) is 17.6 Å². The highest BCUT2D eigenvalue weighted by atomic mass is 35.5. The number of halogens is 5. The van der Waals surface area contributed by atoms with Crippen molar-refractivity contribution in [2.75, 3.05) is 6.67 Å². The van der Waals surface area contributed by atoms with Gasteiger partial charge in [-0.15, -0.1) is 11.3 Å². The summed E-state index contributed by atoms with van der Waals surface area (Å²) in [5.41, 5.74) is 7.51. The van der Waals surface area contributed by atoms with Crippen molar-refractivity contribution in [3.05, 3.63) is 63.8 Å². The van der Waals surface area contributed by atoms with E-state index >= 15 is 0 Å². The number of nitrogens with two attached hydrogens (primary N) is 1. The van der Waals surface area contributed by atoms with Gasteiger partial charge in [0.25, 0.3) is 0 Å². The first kappa shape index (κ1) is 25.0. The molecule has 5 nitrogen and oxygen atoms in total. The Morgan fingerprint density at radius 2 is 1.94 bits per heavy atom. The number of benzene rings is 1. The number of H-pyrrole nitrogens is 1. The second kappa shape index (κ2) is 10.4. The normalized spacial score (nSPS) is 19.2. The molecule has 3 heterocycles. The third-order valence-electron chi connectivity index (χ3n) is 6.68. The minimum atomic E-state index is -3.18. The van der Waals surface area contributed by atoms with E-state index in [9.17, 15) is 17.6 Å². The summed E-state index contributed by atoms with van der Waals surface area (Å²) >= 11 is 7.71. The van der Waals surface area contributed by atoms with Crippen LogP contribution in [0.15, 0.2) is 36.8 Å². The Hall–Kier alpha value is -2.69. The minimum absolute atomic E-state index is 0.179. The summed E-state index contributed by atoms with van der Waals surface area (Å²) in [4.78, 5) is 13.0. The van der Waals surface area contributed by atoms with E-state index in [1.807, 2.05) is 6.07 Å². The van der Waals surface area contributed by atoms with Crippen LogP contribution in [0.3, 0.4) is 0 Å². The summed E-state index contributed by atoms with van der Waals surface area (Å²) in [6, 6.07) is 4.03. The average molecular weight is 539 g/mol. The molecule has 0 amide bonds. The van der Waals surface area contributed by atoms with Gasteiger partial charge in [-0.1, -0.05) is 11.6 Å². The number of pyridine rings is 1. The van der Waals surface area contributed by atoms with Crippen molar-refractivity contribution in [1.82, 2.24) is 15.0 Å². The monoisotopic (exact) mass is 538 g/mol. The molecule has 1 aromatic carbocycles. The van der Waals surface area contributed by atoms with Crippen LogP contribution in [-0.4, -0.2) is 34.3 Å². The summed E-state index contributed by atoms with van der Waals surface area (Å²) in [6.07, 6.45) is 8.99. The molecule has 0 unspecified atom stereocenters. The summed E-state index contributed by atoms with van der Waals surface area (Å²) < 4.78 is 59.3. The number of nitrogens with zero attached hydrogens (tertiary/aromatic N) is 2. The van der Waals surface area contributed by atoms with E-state index in [2.05, 4.69) is 19.7 Å². The van der Waals surface area contributed by atoms with Crippen molar-refractivity contribution in [1.29, 1.82) is 0 Å². The Bertz CT molecular complexity index is 1370. The molecule has 0 bridgehead atoms. The molecule has 0 radical (unpaired) electrons. The van der Waals surface area contributed by atoms with Crippen LogP contribution >= 0.6 is 22.9 Å². The second-order valence-corrected chi connectivity index (χ2v) is 10.3. The van der Waals surface area contributed by atoms with Crippen LogP contribution in [0.1, 0.15) is 53.7 Å². The van der Waals surface area contributed by atoms with Crippen molar-refractivity contribution in [2.45, 2.75) is 50.2 Å². The Labute approximate surface area is 213 Å². The lowest BCUT2D eigenvalue weighted by Crippen LogP contribution is -2.25. The van der Waals surface area contributed by atoms with Crippen molar-refractivity contribution < 1.29 is 22.3 Å². The SMILES string of the molecule is NC1CCC(c2ncc(-c3cnc4[nH]cc([C@H](CF)c5c(OC(F)F)ccc(F)c5Cl)c4c3)s2)CC1. The fourth-order valence-corrected chi connectivity index (χ4v) is 6.17. The van der Waals surface area contributed by atoms with Gasteiger partial charge in [-0.2, -0.15) is 8.78 Å². The lowest BCUT2D eigenvalue weighted by Gasteiger charge is -2.24. The molecule has 5 rings (SSSR count). The van der Waals surface area contributed by atoms with Gasteiger partial charge in [-0.3, -0.25) is 4.39 Å². The minimum Gasteiger partial charge on any atom is -0.434 e. The highest BCUT2D eigenvalue weighted by Crippen LogP contribution is 2.43. The summed E-state index contributed by atoms with van der Waals surface area (Å²) in [5.74, 6) is -2.01. The van der Waals surface area contributed by atoms with Gasteiger partial charge in [0.2, 0.25) is 0 Å². The average Bonchev–Trinajstić information content (AvgIpc) is 3.51. The van der Waals surface area contributed by atoms with Crippen LogP contribution in [-0.2, 0) is 0 Å². The van der Waals surface area contributed by atoms with Gasteiger partial charge in [-0.25, -0.2) is 14.4 Å². The Morgan fingerprint density at radius 1 is 1.17 bits per heavy atom. The fourth-order valence-electron chi connectivity index (χ4n) is 4.81. The van der Waals surface area contributed by atoms with Gasteiger partial charge in [0.05, 0.1) is 14.9 Å². The van der Waals surface area contributed by atoms with Crippen LogP contribution in [0, 0.1) is 5.82 Å². The topological polar surface area (TPSA) is 76.8 Å². The zero-order valence-corrected chi connectivity index (χ0v) is 20.6. The molecular weight excluding hydrogens is 516 g/mol. The predicted octanol–water partition coefficient (Wildman–Crippen LogP) is 7.17. The third kappa shape index (κ3) is 4.81. The maximum atomic E-state index is 14.4. The Morgan fingerprint density at radius 3 is 2.67 bits per heavy atom. The van der Waals surface area contributed by atoms with Crippen LogP contribution in [0.5, 0.6) is 5.75 Å². The molecule has 3 N–H and O–H groups in total. The quantitative estimate of drug-likeness (QED) is 0.245. The number of aromatic amines is 1. The van der Waals surface area contributed by atoms with Crippen molar-refractivity contribution >= 4 is 34.0 Å². The molecule has 190 valence electrons. The summed E-state index contributed by atoms with van der Waals surface area (Å²) in [7, 11) is 0. The molecule has 11 heteroatoms. The molecule has 1 fully saturated rings. The van der Waals surface area contributed by atoms with Gasteiger partial charge in [0.1, 0.15) is 23.9 Å². The van der Waals surface area contributed by atoms with E-state index in [4.69, 9.17) is 17.3 Å². The van der Waals surface area contributed by atoms with Crippen molar-refractivity contribution in [2.24, 2.45) is 5.73 Å². The highest BCUT2D eigenvalue weighted by molar-refractivity contribution is 7.15. The number of aromatic nitrogens is 3. The molecule has 0 saturated heterocycles. The van der Waals surface area contributed by atoms with Crippen LogP contribution < -0.4 is 10.5 Å². The molecule has 1 atom stereocenters. The van der Waals surface area contributed by atoms with Crippen LogP contribution in [0.2, 0.25) is 5.02 Å². The summed E-state index contributed by atoms with van der Waals surface area (Å²) in [6.45, 7) is -4.20. The molecule has 1 aliphatic rings. The van der Waals surface area contributed by atoms with E-state index in [0.717, 1.165) is 53.3 Å². The van der Waals surface area contributed by atoms with Crippen molar-refractivity contribution in [3.8, 4) is 16.2 Å². The lowest BCUT2D eigenvalue weighted by molar-refractivity contribution is -0.0506. The van der Waals surface area contributed by atoms with E-state index in [-0.39, 0.29) is 17.4 Å². The number of ether oxygens (including phenoxy) is 1. The van der Waals surface area contributed by atoms with Gasteiger partial charge in [0.15, 0.2) is 0 Å². The third-order valence-corrected chi connectivity index (χ3v) is 8.27. The number of alkyl halides is 3.